The number of aromatic nitrogens is 1. The Balaban J connectivity index is 1.48. The minimum Gasteiger partial charge on any atom is -0.345 e. The Kier molecular flexibility index (Phi) is 5.86. The number of aryl methyl sites for hydroxylation is 1. The second-order valence-corrected chi connectivity index (χ2v) is 10.4. The summed E-state index contributed by atoms with van der Waals surface area (Å²) in [6.45, 7) is 3.92. The summed E-state index contributed by atoms with van der Waals surface area (Å²) in [6.07, 6.45) is 0. The molecule has 0 amide bonds. The molecule has 0 atom stereocenters. The number of nitrogens with zero attached hydrogens (tertiary/aromatic N) is 3. The molecule has 1 aliphatic heterocycles. The Hall–Kier alpha value is -1.64. The van der Waals surface area contributed by atoms with E-state index in [1.807, 2.05) is 17.5 Å². The number of halogens is 2. The van der Waals surface area contributed by atoms with Gasteiger partial charge in [0.15, 0.2) is 5.13 Å². The maximum Gasteiger partial charge on any atom is 0.244 e. The SMILES string of the molecule is Cc1cccc(-c2csc(N3CCN(S(=O)(=O)c4cccc(Cl)c4Cl)CC3)n2)c1. The van der Waals surface area contributed by atoms with Crippen LogP contribution in [0.1, 0.15) is 5.56 Å². The number of benzene rings is 2. The molecule has 0 unspecified atom stereocenters. The second kappa shape index (κ2) is 8.24. The van der Waals surface area contributed by atoms with Crippen LogP contribution in [-0.2, 0) is 10.0 Å². The molecule has 0 N–H and O–H groups in total. The summed E-state index contributed by atoms with van der Waals surface area (Å²) < 4.78 is 27.4. The smallest absolute Gasteiger partial charge is 0.244 e. The quantitative estimate of drug-likeness (QED) is 0.545. The monoisotopic (exact) mass is 467 g/mol. The first-order valence-corrected chi connectivity index (χ1v) is 12.2. The molecule has 2 aromatic carbocycles. The van der Waals surface area contributed by atoms with E-state index in [1.54, 1.807) is 23.5 Å². The van der Waals surface area contributed by atoms with Crippen LogP contribution in [0, 0.1) is 6.92 Å². The van der Waals surface area contributed by atoms with Gasteiger partial charge in [0, 0.05) is 37.1 Å². The standard InChI is InChI=1S/C20H19Cl2N3O2S2/c1-14-4-2-5-15(12-14)17-13-28-20(23-17)24-8-10-25(11-9-24)29(26,27)18-7-3-6-16(21)19(18)22/h2-7,12-13H,8-11H2,1H3. The predicted molar refractivity (Wildman–Crippen MR) is 120 cm³/mol. The first-order chi connectivity index (χ1) is 13.9. The summed E-state index contributed by atoms with van der Waals surface area (Å²) in [5.74, 6) is 0. The van der Waals surface area contributed by atoms with Crippen LogP contribution in [0.3, 0.4) is 0 Å². The fourth-order valence-corrected chi connectivity index (χ4v) is 6.34. The lowest BCUT2D eigenvalue weighted by molar-refractivity contribution is 0.385. The van der Waals surface area contributed by atoms with Gasteiger partial charge in [-0.1, -0.05) is 53.0 Å². The third-order valence-corrected chi connectivity index (χ3v) is 8.62. The summed E-state index contributed by atoms with van der Waals surface area (Å²) >= 11 is 13.7. The highest BCUT2D eigenvalue weighted by Crippen LogP contribution is 2.32. The van der Waals surface area contributed by atoms with E-state index in [1.165, 1.54) is 15.9 Å². The maximum absolute atomic E-state index is 13.0. The lowest BCUT2D eigenvalue weighted by atomic mass is 10.1. The molecule has 0 aliphatic carbocycles. The van der Waals surface area contributed by atoms with Gasteiger partial charge < -0.3 is 4.90 Å². The van der Waals surface area contributed by atoms with Crippen molar-refractivity contribution in [2.75, 3.05) is 31.1 Å². The average Bonchev–Trinajstić information content (AvgIpc) is 3.20. The number of anilines is 1. The molecule has 4 rings (SSSR count). The van der Waals surface area contributed by atoms with Crippen LogP contribution in [0.25, 0.3) is 11.3 Å². The summed E-state index contributed by atoms with van der Waals surface area (Å²) in [7, 11) is -3.69. The lowest BCUT2D eigenvalue weighted by Crippen LogP contribution is -2.48. The van der Waals surface area contributed by atoms with Crippen molar-refractivity contribution >= 4 is 49.7 Å². The lowest BCUT2D eigenvalue weighted by Gasteiger charge is -2.34. The third-order valence-electron chi connectivity index (χ3n) is 4.85. The van der Waals surface area contributed by atoms with E-state index in [0.717, 1.165) is 16.4 Å². The maximum atomic E-state index is 13.0. The first-order valence-electron chi connectivity index (χ1n) is 9.08. The van der Waals surface area contributed by atoms with Gasteiger partial charge in [-0.2, -0.15) is 4.31 Å². The molecule has 1 aliphatic rings. The highest BCUT2D eigenvalue weighted by molar-refractivity contribution is 7.89. The zero-order chi connectivity index (χ0) is 20.6. The Bertz CT molecular complexity index is 1140. The molecule has 1 saturated heterocycles. The molecule has 5 nitrogen and oxygen atoms in total. The van der Waals surface area contributed by atoms with Crippen LogP contribution >= 0.6 is 34.5 Å². The molecule has 9 heteroatoms. The van der Waals surface area contributed by atoms with Gasteiger partial charge in [0.05, 0.1) is 15.7 Å². The second-order valence-electron chi connectivity index (χ2n) is 6.83. The van der Waals surface area contributed by atoms with Gasteiger partial charge in [-0.25, -0.2) is 13.4 Å². The fraction of sp³-hybridized carbons (Fsp3) is 0.250. The molecule has 1 fully saturated rings. The highest BCUT2D eigenvalue weighted by atomic mass is 35.5. The van der Waals surface area contributed by atoms with Crippen molar-refractivity contribution in [2.24, 2.45) is 0 Å². The van der Waals surface area contributed by atoms with E-state index < -0.39 is 10.0 Å². The van der Waals surface area contributed by atoms with E-state index in [2.05, 4.69) is 24.0 Å². The van der Waals surface area contributed by atoms with E-state index in [-0.39, 0.29) is 14.9 Å². The van der Waals surface area contributed by atoms with E-state index in [4.69, 9.17) is 28.2 Å². The largest absolute Gasteiger partial charge is 0.345 e. The Morgan fingerprint density at radius 3 is 2.48 bits per heavy atom. The Morgan fingerprint density at radius 2 is 1.76 bits per heavy atom. The van der Waals surface area contributed by atoms with Crippen molar-refractivity contribution in [3.05, 3.63) is 63.5 Å². The van der Waals surface area contributed by atoms with E-state index >= 15 is 0 Å². The fourth-order valence-electron chi connectivity index (χ4n) is 3.29. The number of hydrogen-bond acceptors (Lipinski definition) is 5. The number of sulfonamides is 1. The van der Waals surface area contributed by atoms with Crippen LogP contribution < -0.4 is 4.90 Å². The van der Waals surface area contributed by atoms with Crippen LogP contribution in [0.15, 0.2) is 52.7 Å². The molecule has 0 radical (unpaired) electrons. The van der Waals surface area contributed by atoms with Gasteiger partial charge in [-0.15, -0.1) is 11.3 Å². The van der Waals surface area contributed by atoms with E-state index in [9.17, 15) is 8.42 Å². The minimum atomic E-state index is -3.69. The predicted octanol–water partition coefficient (Wildman–Crippen LogP) is 4.94. The van der Waals surface area contributed by atoms with Crippen molar-refractivity contribution in [3.8, 4) is 11.3 Å². The minimum absolute atomic E-state index is 0.0519. The van der Waals surface area contributed by atoms with Crippen LogP contribution in [0.4, 0.5) is 5.13 Å². The van der Waals surface area contributed by atoms with Crippen molar-refractivity contribution < 1.29 is 8.42 Å². The van der Waals surface area contributed by atoms with Crippen LogP contribution in [0.2, 0.25) is 10.0 Å². The molecule has 0 spiro atoms. The van der Waals surface area contributed by atoms with Crippen molar-refractivity contribution in [1.29, 1.82) is 0 Å². The van der Waals surface area contributed by atoms with Gasteiger partial charge in [-0.3, -0.25) is 0 Å². The topological polar surface area (TPSA) is 53.5 Å². The summed E-state index contributed by atoms with van der Waals surface area (Å²) in [6, 6.07) is 12.9. The third kappa shape index (κ3) is 4.15. The van der Waals surface area contributed by atoms with Gasteiger partial charge in [0.25, 0.3) is 0 Å². The summed E-state index contributed by atoms with van der Waals surface area (Å²) in [4.78, 5) is 6.93. The van der Waals surface area contributed by atoms with Gasteiger partial charge >= 0.3 is 0 Å². The number of rotatable bonds is 4. The van der Waals surface area contributed by atoms with Crippen molar-refractivity contribution in [2.45, 2.75) is 11.8 Å². The molecule has 29 heavy (non-hydrogen) atoms. The summed E-state index contributed by atoms with van der Waals surface area (Å²) in [5, 5.41) is 3.25. The number of thiazole rings is 1. The highest BCUT2D eigenvalue weighted by Gasteiger charge is 2.31. The molecular formula is C20H19Cl2N3O2S2. The molecule has 1 aromatic heterocycles. The molecule has 0 bridgehead atoms. The molecule has 0 saturated carbocycles. The molecule has 2 heterocycles. The average molecular weight is 468 g/mol. The zero-order valence-electron chi connectivity index (χ0n) is 15.7. The number of hydrogen-bond donors (Lipinski definition) is 0. The van der Waals surface area contributed by atoms with Crippen LogP contribution in [0.5, 0.6) is 0 Å². The molecule has 3 aromatic rings. The van der Waals surface area contributed by atoms with Gasteiger partial charge in [0.1, 0.15) is 4.90 Å². The van der Waals surface area contributed by atoms with Crippen molar-refractivity contribution in [3.63, 3.8) is 0 Å². The zero-order valence-corrected chi connectivity index (χ0v) is 18.8. The van der Waals surface area contributed by atoms with Crippen LogP contribution in [-0.4, -0.2) is 43.9 Å². The number of piperazine rings is 1. The van der Waals surface area contributed by atoms with E-state index in [0.29, 0.717) is 26.2 Å². The molecule has 152 valence electrons. The van der Waals surface area contributed by atoms with Gasteiger partial charge in [0.2, 0.25) is 10.0 Å². The Morgan fingerprint density at radius 1 is 1.03 bits per heavy atom. The first kappa shape index (κ1) is 20.6. The normalized spacial score (nSPS) is 15.6. The van der Waals surface area contributed by atoms with Crippen molar-refractivity contribution in [1.82, 2.24) is 9.29 Å². The summed E-state index contributed by atoms with van der Waals surface area (Å²) in [5.41, 5.74) is 3.22. The molecular weight excluding hydrogens is 449 g/mol. The van der Waals surface area contributed by atoms with Gasteiger partial charge in [-0.05, 0) is 25.1 Å². The Labute approximate surface area is 184 Å².